The van der Waals surface area contributed by atoms with Crippen LogP contribution in [0, 0.1) is 11.6 Å². The van der Waals surface area contributed by atoms with E-state index in [1.54, 1.807) is 6.92 Å². The maximum atomic E-state index is 13.7. The second kappa shape index (κ2) is 3.67. The Kier molecular flexibility index (Phi) is 2.70. The van der Waals surface area contributed by atoms with Crippen molar-refractivity contribution in [2.24, 2.45) is 5.73 Å². The molecule has 88 valence electrons. The number of hydrogen-bond acceptors (Lipinski definition) is 2. The van der Waals surface area contributed by atoms with Crippen molar-refractivity contribution in [3.8, 4) is 5.75 Å². The van der Waals surface area contributed by atoms with Crippen LogP contribution in [-0.2, 0) is 5.41 Å². The van der Waals surface area contributed by atoms with Gasteiger partial charge in [0.05, 0.1) is 4.47 Å². The number of nitrogens with two attached hydrogens (primary N) is 1. The zero-order valence-corrected chi connectivity index (χ0v) is 10.3. The van der Waals surface area contributed by atoms with Gasteiger partial charge in [0.2, 0.25) is 5.82 Å². The molecule has 0 spiro atoms. The smallest absolute Gasteiger partial charge is 0.201 e. The van der Waals surface area contributed by atoms with Crippen LogP contribution >= 0.6 is 15.9 Å². The fourth-order valence-electron chi connectivity index (χ4n) is 2.05. The molecule has 2 rings (SSSR count). The molecule has 1 aliphatic carbocycles. The highest BCUT2D eigenvalue weighted by molar-refractivity contribution is 9.10. The molecule has 1 atom stereocenters. The van der Waals surface area contributed by atoms with Crippen LogP contribution in [-0.4, -0.2) is 11.1 Å². The number of halogens is 3. The molecule has 16 heavy (non-hydrogen) atoms. The van der Waals surface area contributed by atoms with E-state index in [9.17, 15) is 13.9 Å². The minimum atomic E-state index is -1.21. The van der Waals surface area contributed by atoms with Crippen LogP contribution in [0.5, 0.6) is 5.75 Å². The van der Waals surface area contributed by atoms with Crippen LogP contribution in [0.1, 0.15) is 25.3 Å². The van der Waals surface area contributed by atoms with Crippen molar-refractivity contribution in [3.63, 3.8) is 0 Å². The highest BCUT2D eigenvalue weighted by Crippen LogP contribution is 2.52. The van der Waals surface area contributed by atoms with Crippen LogP contribution < -0.4 is 5.73 Å². The third kappa shape index (κ3) is 1.53. The van der Waals surface area contributed by atoms with Gasteiger partial charge in [-0.25, -0.2) is 4.39 Å². The first-order valence-electron chi connectivity index (χ1n) is 5.02. The number of phenolic OH excluding ortho intramolecular Hbond substituents is 1. The van der Waals surface area contributed by atoms with Gasteiger partial charge in [0, 0.05) is 11.5 Å². The molecule has 1 unspecified atom stereocenters. The fourth-order valence-corrected chi connectivity index (χ4v) is 2.46. The number of benzene rings is 1. The summed E-state index contributed by atoms with van der Waals surface area (Å²) < 4.78 is 27.3. The molecule has 5 heteroatoms. The lowest BCUT2D eigenvalue weighted by atomic mass is 9.89. The molecule has 0 bridgehead atoms. The average molecular weight is 292 g/mol. The maximum Gasteiger partial charge on any atom is 0.201 e. The van der Waals surface area contributed by atoms with Gasteiger partial charge in [-0.3, -0.25) is 0 Å². The summed E-state index contributed by atoms with van der Waals surface area (Å²) in [5.74, 6) is -2.89. The van der Waals surface area contributed by atoms with Gasteiger partial charge in [0.1, 0.15) is 0 Å². The molecular formula is C11H12BrF2NO. The van der Waals surface area contributed by atoms with Crippen molar-refractivity contribution in [2.75, 3.05) is 0 Å². The summed E-state index contributed by atoms with van der Waals surface area (Å²) in [4.78, 5) is 0. The number of phenols is 1. The molecule has 1 aromatic rings. The van der Waals surface area contributed by atoms with Gasteiger partial charge in [0.15, 0.2) is 11.6 Å². The predicted molar refractivity (Wildman–Crippen MR) is 60.3 cm³/mol. The van der Waals surface area contributed by atoms with E-state index in [2.05, 4.69) is 15.9 Å². The van der Waals surface area contributed by atoms with Crippen LogP contribution in [0.2, 0.25) is 0 Å². The molecule has 0 amide bonds. The van der Waals surface area contributed by atoms with Crippen LogP contribution in [0.25, 0.3) is 0 Å². The maximum absolute atomic E-state index is 13.7. The summed E-state index contributed by atoms with van der Waals surface area (Å²) in [6.07, 6.45) is 1.50. The van der Waals surface area contributed by atoms with Gasteiger partial charge in [-0.05, 0) is 47.3 Å². The Bertz CT molecular complexity index is 444. The minimum Gasteiger partial charge on any atom is -0.504 e. The molecular weight excluding hydrogens is 280 g/mol. The van der Waals surface area contributed by atoms with Gasteiger partial charge >= 0.3 is 0 Å². The molecule has 0 radical (unpaired) electrons. The third-order valence-electron chi connectivity index (χ3n) is 3.33. The highest BCUT2D eigenvalue weighted by Gasteiger charge is 2.50. The quantitative estimate of drug-likeness (QED) is 0.823. The lowest BCUT2D eigenvalue weighted by Crippen LogP contribution is -2.32. The molecule has 1 saturated carbocycles. The first-order valence-corrected chi connectivity index (χ1v) is 5.82. The first kappa shape index (κ1) is 11.8. The molecule has 0 aliphatic heterocycles. The molecule has 0 saturated heterocycles. The highest BCUT2D eigenvalue weighted by atomic mass is 79.9. The Balaban J connectivity index is 2.59. The topological polar surface area (TPSA) is 46.2 Å². The third-order valence-corrected chi connectivity index (χ3v) is 3.94. The van der Waals surface area contributed by atoms with Crippen molar-refractivity contribution in [2.45, 2.75) is 31.2 Å². The molecule has 1 aliphatic rings. The molecule has 3 N–H and O–H groups in total. The molecule has 1 aromatic carbocycles. The van der Waals surface area contributed by atoms with E-state index in [0.717, 1.165) is 12.8 Å². The van der Waals surface area contributed by atoms with E-state index in [0.29, 0.717) is 0 Å². The van der Waals surface area contributed by atoms with E-state index in [-0.39, 0.29) is 16.1 Å². The Morgan fingerprint density at radius 2 is 2.00 bits per heavy atom. The van der Waals surface area contributed by atoms with E-state index in [4.69, 9.17) is 5.73 Å². The van der Waals surface area contributed by atoms with Gasteiger partial charge in [-0.1, -0.05) is 0 Å². The average Bonchev–Trinajstić information content (AvgIpc) is 3.01. The Labute approximate surface area is 101 Å². The summed E-state index contributed by atoms with van der Waals surface area (Å²) in [6.45, 7) is 1.78. The summed E-state index contributed by atoms with van der Waals surface area (Å²) >= 11 is 3.00. The fraction of sp³-hybridized carbons (Fsp3) is 0.455. The standard InChI is InChI=1S/C11H12BrF2NO/c1-5(15)11(2-3-11)6-4-7(12)10(16)9(14)8(6)13/h4-5,16H,2-3,15H2,1H3. The second-order valence-electron chi connectivity index (χ2n) is 4.33. The number of rotatable bonds is 2. The SMILES string of the molecule is CC(N)C1(c2cc(Br)c(O)c(F)c2F)CC1. The first-order chi connectivity index (χ1) is 7.40. The van der Waals surface area contributed by atoms with Crippen molar-refractivity contribution in [1.29, 1.82) is 0 Å². The minimum absolute atomic E-state index is 0.160. The summed E-state index contributed by atoms with van der Waals surface area (Å²) in [5.41, 5.74) is 5.59. The lowest BCUT2D eigenvalue weighted by molar-refractivity contribution is 0.393. The summed E-state index contributed by atoms with van der Waals surface area (Å²) in [7, 11) is 0. The molecule has 2 nitrogen and oxygen atoms in total. The van der Waals surface area contributed by atoms with Gasteiger partial charge in [-0.2, -0.15) is 4.39 Å². The van der Waals surface area contributed by atoms with Crippen molar-refractivity contribution in [1.82, 2.24) is 0 Å². The number of hydrogen-bond donors (Lipinski definition) is 2. The monoisotopic (exact) mass is 291 g/mol. The van der Waals surface area contributed by atoms with Crippen LogP contribution in [0.15, 0.2) is 10.5 Å². The van der Waals surface area contributed by atoms with E-state index in [1.807, 2.05) is 0 Å². The normalized spacial score (nSPS) is 19.6. The predicted octanol–water partition coefficient (Wildman–Crippen LogP) is 2.81. The summed E-state index contributed by atoms with van der Waals surface area (Å²) in [5, 5.41) is 9.24. The van der Waals surface area contributed by atoms with Crippen molar-refractivity contribution < 1.29 is 13.9 Å². The summed E-state index contributed by atoms with van der Waals surface area (Å²) in [6, 6.07) is 1.18. The van der Waals surface area contributed by atoms with Crippen LogP contribution in [0.4, 0.5) is 8.78 Å². The molecule has 0 heterocycles. The largest absolute Gasteiger partial charge is 0.504 e. The second-order valence-corrected chi connectivity index (χ2v) is 5.18. The van der Waals surface area contributed by atoms with Gasteiger partial charge in [0.25, 0.3) is 0 Å². The van der Waals surface area contributed by atoms with E-state index < -0.39 is 22.8 Å². The van der Waals surface area contributed by atoms with Gasteiger partial charge in [-0.15, -0.1) is 0 Å². The van der Waals surface area contributed by atoms with Crippen LogP contribution in [0.3, 0.4) is 0 Å². The molecule has 1 fully saturated rings. The van der Waals surface area contributed by atoms with Crippen molar-refractivity contribution >= 4 is 15.9 Å². The van der Waals surface area contributed by atoms with E-state index >= 15 is 0 Å². The van der Waals surface area contributed by atoms with Crippen molar-refractivity contribution in [3.05, 3.63) is 27.7 Å². The van der Waals surface area contributed by atoms with E-state index in [1.165, 1.54) is 6.07 Å². The lowest BCUT2D eigenvalue weighted by Gasteiger charge is -2.21. The number of aromatic hydroxyl groups is 1. The Morgan fingerprint density at radius 1 is 1.44 bits per heavy atom. The molecule has 0 aromatic heterocycles. The Hall–Kier alpha value is -0.680. The zero-order chi connectivity index (χ0) is 12.1. The zero-order valence-electron chi connectivity index (χ0n) is 8.73. The van der Waals surface area contributed by atoms with Gasteiger partial charge < -0.3 is 10.8 Å². The Morgan fingerprint density at radius 3 is 2.44 bits per heavy atom.